The zero-order valence-electron chi connectivity index (χ0n) is 13.2. The van der Waals surface area contributed by atoms with Crippen LogP contribution in [-0.2, 0) is 11.2 Å². The van der Waals surface area contributed by atoms with Gasteiger partial charge in [0, 0.05) is 5.69 Å². The van der Waals surface area contributed by atoms with Crippen molar-refractivity contribution in [3.63, 3.8) is 0 Å². The molecule has 1 N–H and O–H groups in total. The van der Waals surface area contributed by atoms with E-state index in [0.29, 0.717) is 12.3 Å². The second-order valence-electron chi connectivity index (χ2n) is 5.93. The Balaban J connectivity index is 2.01. The molecular formula is C19H23NO. The van der Waals surface area contributed by atoms with E-state index < -0.39 is 0 Å². The number of amides is 1. The number of aryl methyl sites for hydroxylation is 2. The Morgan fingerprint density at radius 3 is 2.29 bits per heavy atom. The molecule has 110 valence electrons. The highest BCUT2D eigenvalue weighted by Crippen LogP contribution is 2.18. The van der Waals surface area contributed by atoms with Crippen molar-refractivity contribution in [2.75, 3.05) is 5.32 Å². The topological polar surface area (TPSA) is 29.1 Å². The van der Waals surface area contributed by atoms with Gasteiger partial charge in [0.1, 0.15) is 0 Å². The van der Waals surface area contributed by atoms with Crippen LogP contribution in [0.1, 0.15) is 42.0 Å². The standard InChI is InChI=1S/C19H23NO/c1-13(2)16-7-9-18(10-8-16)20-19(21)12-17-6-5-14(3)11-15(17)4/h5-11,13H,12H2,1-4H3,(H,20,21). The van der Waals surface area contributed by atoms with Gasteiger partial charge in [-0.25, -0.2) is 0 Å². The summed E-state index contributed by atoms with van der Waals surface area (Å²) in [5.41, 5.74) is 5.61. The van der Waals surface area contributed by atoms with Gasteiger partial charge in [-0.1, -0.05) is 49.7 Å². The third-order valence-electron chi connectivity index (χ3n) is 3.71. The Hall–Kier alpha value is -2.09. The summed E-state index contributed by atoms with van der Waals surface area (Å²) in [5.74, 6) is 0.532. The highest BCUT2D eigenvalue weighted by atomic mass is 16.1. The molecular weight excluding hydrogens is 258 g/mol. The smallest absolute Gasteiger partial charge is 0.228 e. The number of carbonyl (C=O) groups is 1. The van der Waals surface area contributed by atoms with Crippen molar-refractivity contribution in [2.24, 2.45) is 0 Å². The van der Waals surface area contributed by atoms with Crippen LogP contribution in [0.2, 0.25) is 0 Å². The Morgan fingerprint density at radius 1 is 1.05 bits per heavy atom. The molecule has 0 heterocycles. The van der Waals surface area contributed by atoms with Gasteiger partial charge in [-0.3, -0.25) is 4.79 Å². The maximum atomic E-state index is 12.1. The van der Waals surface area contributed by atoms with Crippen LogP contribution in [0, 0.1) is 13.8 Å². The van der Waals surface area contributed by atoms with Gasteiger partial charge in [-0.2, -0.15) is 0 Å². The van der Waals surface area contributed by atoms with Crippen LogP contribution in [0.4, 0.5) is 5.69 Å². The molecule has 2 heteroatoms. The molecule has 1 amide bonds. The van der Waals surface area contributed by atoms with Gasteiger partial charge in [0.15, 0.2) is 0 Å². The van der Waals surface area contributed by atoms with Gasteiger partial charge >= 0.3 is 0 Å². The second-order valence-corrected chi connectivity index (χ2v) is 5.93. The van der Waals surface area contributed by atoms with Crippen LogP contribution >= 0.6 is 0 Å². The first-order valence-electron chi connectivity index (χ1n) is 7.41. The molecule has 2 nitrogen and oxygen atoms in total. The van der Waals surface area contributed by atoms with Gasteiger partial charge in [0.25, 0.3) is 0 Å². The normalized spacial score (nSPS) is 10.7. The number of hydrogen-bond acceptors (Lipinski definition) is 1. The lowest BCUT2D eigenvalue weighted by Gasteiger charge is -2.10. The molecule has 0 atom stereocenters. The van der Waals surface area contributed by atoms with Crippen LogP contribution in [0.25, 0.3) is 0 Å². The van der Waals surface area contributed by atoms with Crippen LogP contribution in [0.5, 0.6) is 0 Å². The van der Waals surface area contributed by atoms with E-state index in [1.807, 2.05) is 31.2 Å². The average molecular weight is 281 g/mol. The van der Waals surface area contributed by atoms with Crippen LogP contribution in [0.3, 0.4) is 0 Å². The van der Waals surface area contributed by atoms with E-state index >= 15 is 0 Å². The zero-order chi connectivity index (χ0) is 15.4. The summed E-state index contributed by atoms with van der Waals surface area (Å²) in [5, 5.41) is 2.96. The summed E-state index contributed by atoms with van der Waals surface area (Å²) >= 11 is 0. The van der Waals surface area contributed by atoms with Crippen molar-refractivity contribution in [1.29, 1.82) is 0 Å². The van der Waals surface area contributed by atoms with E-state index in [1.165, 1.54) is 16.7 Å². The van der Waals surface area contributed by atoms with Crippen molar-refractivity contribution >= 4 is 11.6 Å². The molecule has 0 aliphatic heterocycles. The number of benzene rings is 2. The predicted molar refractivity (Wildman–Crippen MR) is 88.8 cm³/mol. The average Bonchev–Trinajstić information content (AvgIpc) is 2.42. The van der Waals surface area contributed by atoms with Crippen LogP contribution < -0.4 is 5.32 Å². The number of anilines is 1. The van der Waals surface area contributed by atoms with Gasteiger partial charge < -0.3 is 5.32 Å². The van der Waals surface area contributed by atoms with E-state index in [1.54, 1.807) is 0 Å². The molecule has 2 rings (SSSR count). The fourth-order valence-electron chi connectivity index (χ4n) is 2.37. The fraction of sp³-hybridized carbons (Fsp3) is 0.316. The molecule has 0 unspecified atom stereocenters. The molecule has 2 aromatic rings. The minimum atomic E-state index is 0.0271. The predicted octanol–water partition coefficient (Wildman–Crippen LogP) is 4.61. The fourth-order valence-corrected chi connectivity index (χ4v) is 2.37. The highest BCUT2D eigenvalue weighted by molar-refractivity contribution is 5.92. The Morgan fingerprint density at radius 2 is 1.71 bits per heavy atom. The maximum absolute atomic E-state index is 12.1. The van der Waals surface area contributed by atoms with E-state index in [9.17, 15) is 4.79 Å². The van der Waals surface area contributed by atoms with Crippen LogP contribution in [-0.4, -0.2) is 5.91 Å². The molecule has 0 saturated carbocycles. The Bertz CT molecular complexity index is 627. The van der Waals surface area contributed by atoms with Gasteiger partial charge in [0.2, 0.25) is 5.91 Å². The number of carbonyl (C=O) groups excluding carboxylic acids is 1. The van der Waals surface area contributed by atoms with Gasteiger partial charge in [0.05, 0.1) is 6.42 Å². The summed E-state index contributed by atoms with van der Waals surface area (Å²) in [4.78, 5) is 12.1. The summed E-state index contributed by atoms with van der Waals surface area (Å²) < 4.78 is 0. The lowest BCUT2D eigenvalue weighted by Crippen LogP contribution is -2.15. The van der Waals surface area contributed by atoms with Crippen molar-refractivity contribution in [2.45, 2.75) is 40.0 Å². The molecule has 0 fully saturated rings. The first-order valence-corrected chi connectivity index (χ1v) is 7.41. The summed E-state index contributed by atoms with van der Waals surface area (Å²) in [6, 6.07) is 14.3. The lowest BCUT2D eigenvalue weighted by atomic mass is 10.0. The quantitative estimate of drug-likeness (QED) is 0.871. The second kappa shape index (κ2) is 6.57. The zero-order valence-corrected chi connectivity index (χ0v) is 13.2. The first-order chi connectivity index (χ1) is 9.95. The van der Waals surface area contributed by atoms with E-state index in [2.05, 4.69) is 44.3 Å². The minimum Gasteiger partial charge on any atom is -0.326 e. The van der Waals surface area contributed by atoms with Crippen LogP contribution in [0.15, 0.2) is 42.5 Å². The molecule has 0 aliphatic rings. The molecule has 21 heavy (non-hydrogen) atoms. The maximum Gasteiger partial charge on any atom is 0.228 e. The van der Waals surface area contributed by atoms with Crippen molar-refractivity contribution in [3.05, 3.63) is 64.7 Å². The highest BCUT2D eigenvalue weighted by Gasteiger charge is 2.07. The Labute approximate surface area is 127 Å². The SMILES string of the molecule is Cc1ccc(CC(=O)Nc2ccc(C(C)C)cc2)c(C)c1. The molecule has 0 bridgehead atoms. The van der Waals surface area contributed by atoms with Gasteiger partial charge in [-0.15, -0.1) is 0 Å². The lowest BCUT2D eigenvalue weighted by molar-refractivity contribution is -0.115. The first kappa shape index (κ1) is 15.3. The number of nitrogens with one attached hydrogen (secondary N) is 1. The largest absolute Gasteiger partial charge is 0.326 e. The molecule has 0 saturated heterocycles. The number of hydrogen-bond donors (Lipinski definition) is 1. The minimum absolute atomic E-state index is 0.0271. The Kier molecular flexibility index (Phi) is 4.79. The third kappa shape index (κ3) is 4.19. The summed E-state index contributed by atoms with van der Waals surface area (Å²) in [7, 11) is 0. The monoisotopic (exact) mass is 281 g/mol. The molecule has 2 aromatic carbocycles. The molecule has 0 radical (unpaired) electrons. The molecule has 0 spiro atoms. The summed E-state index contributed by atoms with van der Waals surface area (Å²) in [6.07, 6.45) is 0.415. The molecule has 0 aromatic heterocycles. The van der Waals surface area contributed by atoms with Crippen molar-refractivity contribution < 1.29 is 4.79 Å². The van der Waals surface area contributed by atoms with E-state index in [0.717, 1.165) is 11.3 Å². The van der Waals surface area contributed by atoms with Crippen molar-refractivity contribution in [3.8, 4) is 0 Å². The third-order valence-corrected chi connectivity index (χ3v) is 3.71. The van der Waals surface area contributed by atoms with Gasteiger partial charge in [-0.05, 0) is 48.6 Å². The molecule has 0 aliphatic carbocycles. The van der Waals surface area contributed by atoms with Crippen molar-refractivity contribution in [1.82, 2.24) is 0 Å². The summed E-state index contributed by atoms with van der Waals surface area (Å²) in [6.45, 7) is 8.43. The van der Waals surface area contributed by atoms with E-state index in [4.69, 9.17) is 0 Å². The number of rotatable bonds is 4. The van der Waals surface area contributed by atoms with E-state index in [-0.39, 0.29) is 5.91 Å².